The van der Waals surface area contributed by atoms with Crippen LogP contribution >= 0.6 is 11.6 Å². The van der Waals surface area contributed by atoms with Crippen LogP contribution in [0.2, 0.25) is 5.02 Å². The average Bonchev–Trinajstić information content (AvgIpc) is 3.41. The van der Waals surface area contributed by atoms with Gasteiger partial charge >= 0.3 is 0 Å². The lowest BCUT2D eigenvalue weighted by Gasteiger charge is -2.34. The first-order valence-corrected chi connectivity index (χ1v) is 8.87. The third-order valence-corrected chi connectivity index (χ3v) is 4.78. The normalized spacial score (nSPS) is 17.9. The molecule has 130 valence electrons. The smallest absolute Gasteiger partial charge is 0.248 e. The molecule has 0 N–H and O–H groups in total. The van der Waals surface area contributed by atoms with E-state index in [1.165, 1.54) is 12.8 Å². The van der Waals surface area contributed by atoms with Crippen LogP contribution in [0.25, 0.3) is 0 Å². The van der Waals surface area contributed by atoms with Gasteiger partial charge in [-0.1, -0.05) is 23.7 Å². The van der Waals surface area contributed by atoms with Crippen LogP contribution in [0.5, 0.6) is 0 Å². The minimum absolute atomic E-state index is 0.0282. The van der Waals surface area contributed by atoms with Gasteiger partial charge in [-0.15, -0.1) is 0 Å². The predicted molar refractivity (Wildman–Crippen MR) is 91.9 cm³/mol. The third kappa shape index (κ3) is 4.95. The molecule has 0 unspecified atom stereocenters. The van der Waals surface area contributed by atoms with Crippen molar-refractivity contribution in [3.8, 4) is 0 Å². The zero-order valence-electron chi connectivity index (χ0n) is 13.7. The molecule has 1 saturated carbocycles. The van der Waals surface area contributed by atoms with E-state index in [0.717, 1.165) is 5.56 Å². The Kier molecular flexibility index (Phi) is 5.74. The van der Waals surface area contributed by atoms with Crippen LogP contribution in [0.4, 0.5) is 0 Å². The summed E-state index contributed by atoms with van der Waals surface area (Å²) in [5, 5.41) is 0.669. The Morgan fingerprint density at radius 3 is 2.17 bits per heavy atom. The molecule has 0 spiro atoms. The van der Waals surface area contributed by atoms with Crippen LogP contribution in [0.15, 0.2) is 24.3 Å². The van der Waals surface area contributed by atoms with E-state index in [4.69, 9.17) is 16.3 Å². The quantitative estimate of drug-likeness (QED) is 0.788. The second-order valence-corrected chi connectivity index (χ2v) is 6.96. The maximum absolute atomic E-state index is 12.3. The van der Waals surface area contributed by atoms with Gasteiger partial charge in [-0.25, -0.2) is 0 Å². The maximum atomic E-state index is 12.3. The van der Waals surface area contributed by atoms with Gasteiger partial charge < -0.3 is 14.5 Å². The number of amides is 2. The highest BCUT2D eigenvalue weighted by Crippen LogP contribution is 2.28. The minimum atomic E-state index is 0.0282. The highest BCUT2D eigenvalue weighted by molar-refractivity contribution is 6.30. The number of nitrogens with zero attached hydrogens (tertiary/aromatic N) is 2. The molecule has 5 nitrogen and oxygen atoms in total. The number of carbonyl (C=O) groups excluding carboxylic acids is 2. The van der Waals surface area contributed by atoms with Crippen molar-refractivity contribution in [1.82, 2.24) is 9.80 Å². The van der Waals surface area contributed by atoms with Gasteiger partial charge in [0.05, 0.1) is 13.0 Å². The number of hydrogen-bond donors (Lipinski definition) is 0. The van der Waals surface area contributed by atoms with Crippen LogP contribution in [0.3, 0.4) is 0 Å². The molecule has 2 aliphatic rings. The van der Waals surface area contributed by atoms with E-state index in [1.807, 2.05) is 17.0 Å². The molecule has 0 aromatic heterocycles. The standard InChI is InChI=1S/C18H23ClN2O3/c19-16-5-3-14(4-6-16)11-17(22)20-7-9-21(10-8-20)18(23)13-24-12-15-1-2-15/h3-6,15H,1-2,7-13H2. The fraction of sp³-hybridized carbons (Fsp3) is 0.556. The molecule has 2 fully saturated rings. The Morgan fingerprint density at radius 1 is 1.00 bits per heavy atom. The molecule has 2 amide bonds. The molecule has 1 heterocycles. The lowest BCUT2D eigenvalue weighted by atomic mass is 10.1. The fourth-order valence-corrected chi connectivity index (χ4v) is 2.91. The Morgan fingerprint density at radius 2 is 1.58 bits per heavy atom. The van der Waals surface area contributed by atoms with Gasteiger partial charge in [-0.3, -0.25) is 9.59 Å². The van der Waals surface area contributed by atoms with Crippen LogP contribution < -0.4 is 0 Å². The van der Waals surface area contributed by atoms with Gasteiger partial charge in [0.2, 0.25) is 11.8 Å². The van der Waals surface area contributed by atoms with Crippen molar-refractivity contribution in [2.45, 2.75) is 19.3 Å². The molecule has 3 rings (SSSR count). The number of hydrogen-bond acceptors (Lipinski definition) is 3. The van der Waals surface area contributed by atoms with Gasteiger partial charge in [-0.2, -0.15) is 0 Å². The maximum Gasteiger partial charge on any atom is 0.248 e. The van der Waals surface area contributed by atoms with E-state index < -0.39 is 0 Å². The summed E-state index contributed by atoms with van der Waals surface area (Å²) in [6.45, 7) is 3.19. The molecule has 1 aliphatic carbocycles. The minimum Gasteiger partial charge on any atom is -0.371 e. The molecule has 6 heteroatoms. The monoisotopic (exact) mass is 350 g/mol. The van der Waals surface area contributed by atoms with Crippen molar-refractivity contribution in [1.29, 1.82) is 0 Å². The summed E-state index contributed by atoms with van der Waals surface area (Å²) in [7, 11) is 0. The summed E-state index contributed by atoms with van der Waals surface area (Å²) in [6, 6.07) is 7.33. The highest BCUT2D eigenvalue weighted by Gasteiger charge is 2.25. The second kappa shape index (κ2) is 7.99. The number of benzene rings is 1. The summed E-state index contributed by atoms with van der Waals surface area (Å²) >= 11 is 5.86. The SMILES string of the molecule is O=C(COCC1CC1)N1CCN(C(=O)Cc2ccc(Cl)cc2)CC1. The second-order valence-electron chi connectivity index (χ2n) is 6.52. The van der Waals surface area contributed by atoms with Crippen molar-refractivity contribution in [3.63, 3.8) is 0 Å². The molecule has 0 bridgehead atoms. The van der Waals surface area contributed by atoms with Crippen LogP contribution in [0, 0.1) is 5.92 Å². The lowest BCUT2D eigenvalue weighted by molar-refractivity contribution is -0.142. The van der Waals surface area contributed by atoms with Gasteiger partial charge in [0.15, 0.2) is 0 Å². The number of piperazine rings is 1. The van der Waals surface area contributed by atoms with Gasteiger partial charge in [0, 0.05) is 31.2 Å². The van der Waals surface area contributed by atoms with Crippen molar-refractivity contribution >= 4 is 23.4 Å². The van der Waals surface area contributed by atoms with Crippen LogP contribution in [-0.4, -0.2) is 61.0 Å². The summed E-state index contributed by atoms with van der Waals surface area (Å²) in [5.74, 6) is 0.787. The molecule has 1 aliphatic heterocycles. The summed E-state index contributed by atoms with van der Waals surface area (Å²) in [4.78, 5) is 28.0. The van der Waals surface area contributed by atoms with E-state index in [9.17, 15) is 9.59 Å². The average molecular weight is 351 g/mol. The number of ether oxygens (including phenoxy) is 1. The number of carbonyl (C=O) groups is 2. The zero-order valence-corrected chi connectivity index (χ0v) is 14.5. The molecule has 1 aromatic carbocycles. The zero-order chi connectivity index (χ0) is 16.9. The summed E-state index contributed by atoms with van der Waals surface area (Å²) in [6.07, 6.45) is 2.82. The van der Waals surface area contributed by atoms with Crippen molar-refractivity contribution in [2.24, 2.45) is 5.92 Å². The Labute approximate surface area is 147 Å². The predicted octanol–water partition coefficient (Wildman–Crippen LogP) is 1.98. The molecule has 24 heavy (non-hydrogen) atoms. The summed E-state index contributed by atoms with van der Waals surface area (Å²) < 4.78 is 5.45. The fourth-order valence-electron chi connectivity index (χ4n) is 2.78. The Bertz CT molecular complexity index is 578. The highest BCUT2D eigenvalue weighted by atomic mass is 35.5. The van der Waals surface area contributed by atoms with E-state index >= 15 is 0 Å². The summed E-state index contributed by atoms with van der Waals surface area (Å²) in [5.41, 5.74) is 0.955. The molecular weight excluding hydrogens is 328 g/mol. The largest absolute Gasteiger partial charge is 0.371 e. The van der Waals surface area contributed by atoms with E-state index in [0.29, 0.717) is 50.1 Å². The lowest BCUT2D eigenvalue weighted by Crippen LogP contribution is -2.51. The third-order valence-electron chi connectivity index (χ3n) is 4.53. The molecule has 1 saturated heterocycles. The first-order chi connectivity index (χ1) is 11.6. The molecule has 0 radical (unpaired) electrons. The molecular formula is C18H23ClN2O3. The van der Waals surface area contributed by atoms with Gasteiger partial charge in [0.25, 0.3) is 0 Å². The van der Waals surface area contributed by atoms with E-state index in [1.54, 1.807) is 17.0 Å². The number of rotatable bonds is 6. The topological polar surface area (TPSA) is 49.9 Å². The van der Waals surface area contributed by atoms with Crippen molar-refractivity contribution < 1.29 is 14.3 Å². The Balaban J connectivity index is 1.39. The van der Waals surface area contributed by atoms with Crippen molar-refractivity contribution in [3.05, 3.63) is 34.9 Å². The Hall–Kier alpha value is -1.59. The van der Waals surface area contributed by atoms with Crippen LogP contribution in [0.1, 0.15) is 18.4 Å². The molecule has 1 aromatic rings. The van der Waals surface area contributed by atoms with Gasteiger partial charge in [-0.05, 0) is 36.5 Å². The van der Waals surface area contributed by atoms with E-state index in [-0.39, 0.29) is 18.4 Å². The van der Waals surface area contributed by atoms with Gasteiger partial charge in [0.1, 0.15) is 6.61 Å². The van der Waals surface area contributed by atoms with E-state index in [2.05, 4.69) is 0 Å². The van der Waals surface area contributed by atoms with Crippen molar-refractivity contribution in [2.75, 3.05) is 39.4 Å². The van der Waals surface area contributed by atoms with Crippen LogP contribution in [-0.2, 0) is 20.7 Å². The first kappa shape index (κ1) is 17.2. The molecule has 0 atom stereocenters. The number of halogens is 1. The first-order valence-electron chi connectivity index (χ1n) is 8.49.